The van der Waals surface area contributed by atoms with Crippen LogP contribution in [0.4, 0.5) is 8.78 Å². The lowest BCUT2D eigenvalue weighted by Gasteiger charge is -2.30. The van der Waals surface area contributed by atoms with Crippen LogP contribution in [0.5, 0.6) is 11.5 Å². The first-order valence-corrected chi connectivity index (χ1v) is 8.26. The van der Waals surface area contributed by atoms with Gasteiger partial charge in [0.05, 0.1) is 5.56 Å². The summed E-state index contributed by atoms with van der Waals surface area (Å²) in [6, 6.07) is 10.5. The zero-order valence-corrected chi connectivity index (χ0v) is 14.1. The lowest BCUT2D eigenvalue weighted by Crippen LogP contribution is -2.16. The molecular formula is C20H19F2NO3. The van der Waals surface area contributed by atoms with Crippen LogP contribution in [0.15, 0.2) is 49.1 Å². The first-order chi connectivity index (χ1) is 12.5. The second-order valence-corrected chi connectivity index (χ2v) is 6.03. The van der Waals surface area contributed by atoms with Crippen molar-refractivity contribution in [3.8, 4) is 22.6 Å². The second-order valence-electron chi connectivity index (χ2n) is 6.03. The Kier molecular flexibility index (Phi) is 5.21. The molecule has 0 bridgehead atoms. The molecule has 0 saturated carbocycles. The highest BCUT2D eigenvalue weighted by atomic mass is 19.3. The molecular weight excluding hydrogens is 340 g/mol. The van der Waals surface area contributed by atoms with Gasteiger partial charge in [-0.3, -0.25) is 4.79 Å². The van der Waals surface area contributed by atoms with Crippen molar-refractivity contribution in [2.75, 3.05) is 0 Å². The average molecular weight is 359 g/mol. The predicted octanol–water partition coefficient (Wildman–Crippen LogP) is 4.38. The number of benzene rings is 2. The van der Waals surface area contributed by atoms with Gasteiger partial charge in [-0.1, -0.05) is 30.3 Å². The van der Waals surface area contributed by atoms with Gasteiger partial charge in [-0.25, -0.2) is 0 Å². The topological polar surface area (TPSA) is 61.6 Å². The smallest absolute Gasteiger partial charge is 0.387 e. The summed E-state index contributed by atoms with van der Waals surface area (Å²) in [6.45, 7) is 0.832. The summed E-state index contributed by atoms with van der Waals surface area (Å²) in [5.41, 5.74) is 8.28. The first-order valence-electron chi connectivity index (χ1n) is 8.26. The second kappa shape index (κ2) is 7.56. The molecule has 4 nitrogen and oxygen atoms in total. The summed E-state index contributed by atoms with van der Waals surface area (Å²) in [4.78, 5) is 11.0. The van der Waals surface area contributed by atoms with Gasteiger partial charge in [0.15, 0.2) is 0 Å². The predicted molar refractivity (Wildman–Crippen MR) is 94.2 cm³/mol. The lowest BCUT2D eigenvalue weighted by atomic mass is 9.89. The molecule has 0 aliphatic carbocycles. The number of fused-ring (bicyclic) bond motifs is 3. The van der Waals surface area contributed by atoms with E-state index in [1.807, 2.05) is 18.2 Å². The van der Waals surface area contributed by atoms with Crippen LogP contribution < -0.4 is 15.2 Å². The van der Waals surface area contributed by atoms with E-state index in [0.29, 0.717) is 24.2 Å². The Balaban J connectivity index is 2.08. The first kappa shape index (κ1) is 17.9. The standard InChI is InChI=1S/C20H19F2NO3/c1-2-4-15-14-11-12(8-10-18(23)24)7-9-13(14)19-16(25-15)5-3-6-17(19)26-20(21)22/h2-3,5-7,9,11,15,20H,1,4,8,10H2,(H2,23,24). The van der Waals surface area contributed by atoms with Gasteiger partial charge in [-0.15, -0.1) is 6.58 Å². The maximum Gasteiger partial charge on any atom is 0.387 e. The number of aryl methyl sites for hydroxylation is 1. The van der Waals surface area contributed by atoms with Gasteiger partial charge < -0.3 is 15.2 Å². The highest BCUT2D eigenvalue weighted by Crippen LogP contribution is 2.48. The van der Waals surface area contributed by atoms with E-state index in [1.54, 1.807) is 18.2 Å². The van der Waals surface area contributed by atoms with Crippen molar-refractivity contribution in [1.29, 1.82) is 0 Å². The Morgan fingerprint density at radius 3 is 2.85 bits per heavy atom. The highest BCUT2D eigenvalue weighted by molar-refractivity contribution is 5.81. The largest absolute Gasteiger partial charge is 0.485 e. The molecule has 1 unspecified atom stereocenters. The van der Waals surface area contributed by atoms with Gasteiger partial charge in [0.25, 0.3) is 0 Å². The fraction of sp³-hybridized carbons (Fsp3) is 0.250. The number of primary amides is 1. The number of carbonyl (C=O) groups is 1. The molecule has 3 rings (SSSR count). The van der Waals surface area contributed by atoms with E-state index in [9.17, 15) is 13.6 Å². The van der Waals surface area contributed by atoms with Crippen LogP contribution in [0.3, 0.4) is 0 Å². The van der Waals surface area contributed by atoms with Crippen molar-refractivity contribution in [1.82, 2.24) is 0 Å². The van der Waals surface area contributed by atoms with E-state index in [4.69, 9.17) is 10.5 Å². The zero-order chi connectivity index (χ0) is 18.7. The maximum atomic E-state index is 12.8. The Morgan fingerprint density at radius 2 is 2.15 bits per heavy atom. The van der Waals surface area contributed by atoms with Crippen LogP contribution in [0.1, 0.15) is 30.1 Å². The molecule has 1 aliphatic rings. The minimum Gasteiger partial charge on any atom is -0.485 e. The van der Waals surface area contributed by atoms with Crippen LogP contribution in [0.2, 0.25) is 0 Å². The number of rotatable bonds is 7. The van der Waals surface area contributed by atoms with Crippen LogP contribution in [-0.4, -0.2) is 12.5 Å². The molecule has 1 aliphatic heterocycles. The van der Waals surface area contributed by atoms with E-state index < -0.39 is 6.61 Å². The summed E-state index contributed by atoms with van der Waals surface area (Å²) in [5, 5.41) is 0. The van der Waals surface area contributed by atoms with Crippen molar-refractivity contribution >= 4 is 5.91 Å². The summed E-state index contributed by atoms with van der Waals surface area (Å²) in [5.74, 6) is 0.188. The van der Waals surface area contributed by atoms with Crippen molar-refractivity contribution in [3.63, 3.8) is 0 Å². The number of hydrogen-bond donors (Lipinski definition) is 1. The van der Waals surface area contributed by atoms with Gasteiger partial charge in [0, 0.05) is 18.4 Å². The summed E-state index contributed by atoms with van der Waals surface area (Å²) in [6.07, 6.45) is 2.76. The Morgan fingerprint density at radius 1 is 1.35 bits per heavy atom. The Labute approximate surface area is 150 Å². The molecule has 0 fully saturated rings. The minimum absolute atomic E-state index is 0.0701. The van der Waals surface area contributed by atoms with Crippen molar-refractivity contribution < 1.29 is 23.0 Å². The molecule has 6 heteroatoms. The molecule has 136 valence electrons. The van der Waals surface area contributed by atoms with Crippen LogP contribution in [-0.2, 0) is 11.2 Å². The molecule has 1 amide bonds. The van der Waals surface area contributed by atoms with Crippen molar-refractivity contribution in [3.05, 3.63) is 60.2 Å². The molecule has 26 heavy (non-hydrogen) atoms. The lowest BCUT2D eigenvalue weighted by molar-refractivity contribution is -0.118. The zero-order valence-electron chi connectivity index (χ0n) is 14.1. The summed E-state index contributed by atoms with van der Waals surface area (Å²) < 4.78 is 36.3. The molecule has 0 radical (unpaired) electrons. The van der Waals surface area contributed by atoms with E-state index in [1.165, 1.54) is 6.07 Å². The Bertz CT molecular complexity index is 836. The third-order valence-electron chi connectivity index (χ3n) is 4.25. The molecule has 0 saturated heterocycles. The SMILES string of the molecule is C=CCC1Oc2cccc(OC(F)F)c2-c2ccc(CCC(N)=O)cc21. The fourth-order valence-corrected chi connectivity index (χ4v) is 3.14. The van der Waals surface area contributed by atoms with E-state index in [2.05, 4.69) is 11.3 Å². The molecule has 2 N–H and O–H groups in total. The normalized spacial score (nSPS) is 15.0. The molecule has 0 spiro atoms. The quantitative estimate of drug-likeness (QED) is 0.746. The van der Waals surface area contributed by atoms with Crippen molar-refractivity contribution in [2.24, 2.45) is 5.73 Å². The number of halogens is 2. The third kappa shape index (κ3) is 3.69. The van der Waals surface area contributed by atoms with Gasteiger partial charge in [0.2, 0.25) is 5.91 Å². The van der Waals surface area contributed by atoms with Gasteiger partial charge in [-0.05, 0) is 29.7 Å². The number of hydrogen-bond acceptors (Lipinski definition) is 3. The molecule has 1 heterocycles. The third-order valence-corrected chi connectivity index (χ3v) is 4.25. The number of amides is 1. The molecule has 2 aromatic rings. The maximum absolute atomic E-state index is 12.8. The van der Waals surface area contributed by atoms with Crippen LogP contribution in [0.25, 0.3) is 11.1 Å². The molecule has 2 aromatic carbocycles. The van der Waals surface area contributed by atoms with E-state index in [-0.39, 0.29) is 24.2 Å². The summed E-state index contributed by atoms with van der Waals surface area (Å²) in [7, 11) is 0. The molecule has 0 aromatic heterocycles. The number of carbonyl (C=O) groups excluding carboxylic acids is 1. The average Bonchev–Trinajstić information content (AvgIpc) is 2.59. The number of alkyl halides is 2. The minimum atomic E-state index is -2.93. The van der Waals surface area contributed by atoms with Crippen molar-refractivity contribution in [2.45, 2.75) is 32.0 Å². The molecule has 1 atom stereocenters. The van der Waals surface area contributed by atoms with Gasteiger partial charge in [0.1, 0.15) is 17.6 Å². The van der Waals surface area contributed by atoms with Crippen LogP contribution in [0, 0.1) is 0 Å². The van der Waals surface area contributed by atoms with E-state index >= 15 is 0 Å². The Hall–Kier alpha value is -2.89. The van der Waals surface area contributed by atoms with Gasteiger partial charge in [-0.2, -0.15) is 8.78 Å². The summed E-state index contributed by atoms with van der Waals surface area (Å²) >= 11 is 0. The highest BCUT2D eigenvalue weighted by Gasteiger charge is 2.28. The monoisotopic (exact) mass is 359 g/mol. The van der Waals surface area contributed by atoms with Crippen LogP contribution >= 0.6 is 0 Å². The fourth-order valence-electron chi connectivity index (χ4n) is 3.14. The van der Waals surface area contributed by atoms with E-state index in [0.717, 1.165) is 16.7 Å². The van der Waals surface area contributed by atoms with Gasteiger partial charge >= 0.3 is 6.61 Å². The number of nitrogens with two attached hydrogens (primary N) is 1. The number of ether oxygens (including phenoxy) is 2.